The van der Waals surface area contributed by atoms with Crippen LogP contribution in [0.1, 0.15) is 13.3 Å². The van der Waals surface area contributed by atoms with E-state index in [0.29, 0.717) is 18.9 Å². The lowest BCUT2D eigenvalue weighted by Crippen LogP contribution is -2.37. The minimum Gasteiger partial charge on any atom is -0.494 e. The molecule has 6 nitrogen and oxygen atoms in total. The van der Waals surface area contributed by atoms with Crippen molar-refractivity contribution in [3.63, 3.8) is 0 Å². The molecule has 128 valence electrons. The summed E-state index contributed by atoms with van der Waals surface area (Å²) in [5.41, 5.74) is 0. The van der Waals surface area contributed by atoms with Crippen molar-refractivity contribution in [2.24, 2.45) is 0 Å². The smallest absolute Gasteiger partial charge is 0.240 e. The zero-order valence-corrected chi connectivity index (χ0v) is 14.4. The number of nitrogens with one attached hydrogen (secondary N) is 1. The van der Waals surface area contributed by atoms with E-state index in [4.69, 9.17) is 4.74 Å². The Bertz CT molecular complexity index is 763. The van der Waals surface area contributed by atoms with Gasteiger partial charge in [0.1, 0.15) is 11.6 Å². The summed E-state index contributed by atoms with van der Waals surface area (Å²) < 4.78 is 33.2. The number of benzene rings is 1. The topological polar surface area (TPSA) is 71.5 Å². The van der Waals surface area contributed by atoms with Gasteiger partial charge in [-0.15, -0.1) is 0 Å². The molecule has 1 aromatic heterocycles. The SMILES string of the molecule is CCOc1ccc(S(=O)(=O)N[C@@H]2CCN(c3ccccn3)C2)cc1. The number of aromatic nitrogens is 1. The molecule has 1 saturated heterocycles. The lowest BCUT2D eigenvalue weighted by Gasteiger charge is -2.17. The standard InChI is InChI=1S/C17H21N3O3S/c1-2-23-15-6-8-16(9-7-15)24(21,22)19-14-10-12-20(13-14)17-5-3-4-11-18-17/h3-9,11,14,19H,2,10,12-13H2,1H3/t14-/m1/s1. The van der Waals surface area contributed by atoms with Crippen LogP contribution in [0.2, 0.25) is 0 Å². The number of ether oxygens (including phenoxy) is 1. The van der Waals surface area contributed by atoms with Crippen LogP contribution in [-0.2, 0) is 10.0 Å². The Morgan fingerprint density at radius 2 is 2.04 bits per heavy atom. The first-order chi connectivity index (χ1) is 11.6. The maximum atomic E-state index is 12.5. The summed E-state index contributed by atoms with van der Waals surface area (Å²) in [4.78, 5) is 6.65. The summed E-state index contributed by atoms with van der Waals surface area (Å²) >= 11 is 0. The summed E-state index contributed by atoms with van der Waals surface area (Å²) in [5.74, 6) is 1.54. The molecule has 3 rings (SSSR count). The van der Waals surface area contributed by atoms with Crippen molar-refractivity contribution in [1.29, 1.82) is 0 Å². The van der Waals surface area contributed by atoms with Crippen LogP contribution in [0.4, 0.5) is 5.82 Å². The third-order valence-electron chi connectivity index (χ3n) is 3.93. The van der Waals surface area contributed by atoms with Gasteiger partial charge in [0.25, 0.3) is 0 Å². The normalized spacial score (nSPS) is 17.9. The van der Waals surface area contributed by atoms with Crippen LogP contribution in [0.3, 0.4) is 0 Å². The zero-order chi connectivity index (χ0) is 17.0. The van der Waals surface area contributed by atoms with Crippen molar-refractivity contribution in [2.75, 3.05) is 24.6 Å². The van der Waals surface area contributed by atoms with Crippen LogP contribution >= 0.6 is 0 Å². The Balaban J connectivity index is 1.65. The van der Waals surface area contributed by atoms with Crippen LogP contribution in [0, 0.1) is 0 Å². The fourth-order valence-electron chi connectivity index (χ4n) is 2.77. The van der Waals surface area contributed by atoms with Gasteiger partial charge in [0.15, 0.2) is 0 Å². The van der Waals surface area contributed by atoms with Gasteiger partial charge in [-0.3, -0.25) is 0 Å². The van der Waals surface area contributed by atoms with Gasteiger partial charge in [0.2, 0.25) is 10.0 Å². The number of sulfonamides is 1. The van der Waals surface area contributed by atoms with Gasteiger partial charge in [-0.05, 0) is 49.7 Å². The molecule has 1 aliphatic heterocycles. The first-order valence-corrected chi connectivity index (χ1v) is 9.48. The molecule has 0 unspecified atom stereocenters. The molecule has 0 saturated carbocycles. The van der Waals surface area contributed by atoms with Crippen LogP contribution in [-0.4, -0.2) is 39.1 Å². The van der Waals surface area contributed by atoms with Gasteiger partial charge in [0, 0.05) is 25.3 Å². The Morgan fingerprint density at radius 1 is 1.25 bits per heavy atom. The summed E-state index contributed by atoms with van der Waals surface area (Å²) in [7, 11) is -3.53. The van der Waals surface area contributed by atoms with E-state index >= 15 is 0 Å². The molecule has 1 fully saturated rings. The van der Waals surface area contributed by atoms with Gasteiger partial charge in [-0.2, -0.15) is 0 Å². The molecule has 0 bridgehead atoms. The van der Waals surface area contributed by atoms with E-state index in [2.05, 4.69) is 14.6 Å². The van der Waals surface area contributed by atoms with E-state index < -0.39 is 10.0 Å². The van der Waals surface area contributed by atoms with E-state index in [1.807, 2.05) is 25.1 Å². The first kappa shape index (κ1) is 16.7. The Hall–Kier alpha value is -2.12. The fourth-order valence-corrected chi connectivity index (χ4v) is 4.04. The Kier molecular flexibility index (Phi) is 5.01. The highest BCUT2D eigenvalue weighted by Crippen LogP contribution is 2.20. The van der Waals surface area contributed by atoms with E-state index in [0.717, 1.165) is 18.8 Å². The van der Waals surface area contributed by atoms with Crippen molar-refractivity contribution in [3.8, 4) is 5.75 Å². The average molecular weight is 347 g/mol. The van der Waals surface area contributed by atoms with Gasteiger partial charge in [-0.25, -0.2) is 18.1 Å². The molecule has 2 aromatic rings. The molecule has 0 aliphatic carbocycles. The van der Waals surface area contributed by atoms with Crippen LogP contribution in [0.15, 0.2) is 53.6 Å². The van der Waals surface area contributed by atoms with Gasteiger partial charge >= 0.3 is 0 Å². The molecule has 1 N–H and O–H groups in total. The van der Waals surface area contributed by atoms with E-state index in [1.54, 1.807) is 30.5 Å². The summed E-state index contributed by atoms with van der Waals surface area (Å²) in [6.07, 6.45) is 2.50. The highest BCUT2D eigenvalue weighted by atomic mass is 32.2. The highest BCUT2D eigenvalue weighted by Gasteiger charge is 2.27. The molecule has 24 heavy (non-hydrogen) atoms. The summed E-state index contributed by atoms with van der Waals surface area (Å²) in [5, 5.41) is 0. The number of anilines is 1. The fraction of sp³-hybridized carbons (Fsp3) is 0.353. The predicted molar refractivity (Wildman–Crippen MR) is 92.8 cm³/mol. The summed E-state index contributed by atoms with van der Waals surface area (Å²) in [6.45, 7) is 3.84. The van der Waals surface area contributed by atoms with Crippen molar-refractivity contribution in [2.45, 2.75) is 24.3 Å². The lowest BCUT2D eigenvalue weighted by molar-refractivity contribution is 0.340. The molecule has 1 aromatic carbocycles. The first-order valence-electron chi connectivity index (χ1n) is 7.99. The molecule has 1 atom stereocenters. The van der Waals surface area contributed by atoms with Crippen molar-refractivity contribution >= 4 is 15.8 Å². The quantitative estimate of drug-likeness (QED) is 0.866. The van der Waals surface area contributed by atoms with E-state index in [9.17, 15) is 8.42 Å². The third-order valence-corrected chi connectivity index (χ3v) is 5.46. The average Bonchev–Trinajstić information content (AvgIpc) is 3.04. The van der Waals surface area contributed by atoms with E-state index in [1.165, 1.54) is 0 Å². The highest BCUT2D eigenvalue weighted by molar-refractivity contribution is 7.89. The maximum absolute atomic E-state index is 12.5. The summed E-state index contributed by atoms with van der Waals surface area (Å²) in [6, 6.07) is 12.1. The lowest BCUT2D eigenvalue weighted by atomic mass is 10.3. The molecular formula is C17H21N3O3S. The minimum atomic E-state index is -3.53. The van der Waals surface area contributed by atoms with Crippen molar-refractivity contribution < 1.29 is 13.2 Å². The largest absolute Gasteiger partial charge is 0.494 e. The van der Waals surface area contributed by atoms with Gasteiger partial charge < -0.3 is 9.64 Å². The Morgan fingerprint density at radius 3 is 2.71 bits per heavy atom. The Labute approximate surface area is 142 Å². The number of hydrogen-bond acceptors (Lipinski definition) is 5. The molecule has 0 radical (unpaired) electrons. The van der Waals surface area contributed by atoms with Gasteiger partial charge in [-0.1, -0.05) is 6.07 Å². The number of nitrogens with zero attached hydrogens (tertiary/aromatic N) is 2. The molecule has 0 amide bonds. The number of hydrogen-bond donors (Lipinski definition) is 1. The number of rotatable bonds is 6. The van der Waals surface area contributed by atoms with Crippen LogP contribution in [0.5, 0.6) is 5.75 Å². The zero-order valence-electron chi connectivity index (χ0n) is 13.6. The van der Waals surface area contributed by atoms with Gasteiger partial charge in [0.05, 0.1) is 11.5 Å². The number of pyridine rings is 1. The van der Waals surface area contributed by atoms with E-state index in [-0.39, 0.29) is 10.9 Å². The molecule has 7 heteroatoms. The second-order valence-corrected chi connectivity index (χ2v) is 7.36. The molecular weight excluding hydrogens is 326 g/mol. The predicted octanol–water partition coefficient (Wildman–Crippen LogP) is 2.04. The van der Waals surface area contributed by atoms with Crippen LogP contribution in [0.25, 0.3) is 0 Å². The molecule has 0 spiro atoms. The molecule has 1 aliphatic rings. The van der Waals surface area contributed by atoms with Crippen LogP contribution < -0.4 is 14.4 Å². The monoisotopic (exact) mass is 347 g/mol. The molecule has 2 heterocycles. The second-order valence-electron chi connectivity index (χ2n) is 5.65. The van der Waals surface area contributed by atoms with Crippen molar-refractivity contribution in [3.05, 3.63) is 48.7 Å². The second kappa shape index (κ2) is 7.19. The van der Waals surface area contributed by atoms with Crippen molar-refractivity contribution in [1.82, 2.24) is 9.71 Å². The maximum Gasteiger partial charge on any atom is 0.240 e. The minimum absolute atomic E-state index is 0.122. The third kappa shape index (κ3) is 3.85.